The van der Waals surface area contributed by atoms with Crippen LogP contribution in [0.25, 0.3) is 0 Å². The van der Waals surface area contributed by atoms with Gasteiger partial charge in [-0.3, -0.25) is 4.90 Å². The molecule has 0 amide bonds. The molecule has 20 heavy (non-hydrogen) atoms. The molecule has 2 aliphatic rings. The highest BCUT2D eigenvalue weighted by molar-refractivity contribution is 4.99. The quantitative estimate of drug-likeness (QED) is 0.835. The van der Waals surface area contributed by atoms with E-state index in [0.29, 0.717) is 5.54 Å². The first kappa shape index (κ1) is 16.3. The van der Waals surface area contributed by atoms with Crippen LogP contribution in [0.2, 0.25) is 0 Å². The Morgan fingerprint density at radius 3 is 2.30 bits per heavy atom. The van der Waals surface area contributed by atoms with Gasteiger partial charge in [0.15, 0.2) is 0 Å². The summed E-state index contributed by atoms with van der Waals surface area (Å²) in [6, 6.07) is 1.59. The van der Waals surface area contributed by atoms with Crippen LogP contribution >= 0.6 is 0 Å². The SMILES string of the molecule is CCC1CNC(CC)(CC)CN1C1CCC(C)C(C)C1. The first-order valence-electron chi connectivity index (χ1n) is 9.06. The summed E-state index contributed by atoms with van der Waals surface area (Å²) < 4.78 is 0. The van der Waals surface area contributed by atoms with Gasteiger partial charge in [-0.1, -0.05) is 34.6 Å². The van der Waals surface area contributed by atoms with Crippen LogP contribution in [0.3, 0.4) is 0 Å². The molecule has 118 valence electrons. The van der Waals surface area contributed by atoms with Gasteiger partial charge in [0.2, 0.25) is 0 Å². The summed E-state index contributed by atoms with van der Waals surface area (Å²) in [5, 5.41) is 3.88. The third kappa shape index (κ3) is 3.22. The van der Waals surface area contributed by atoms with Crippen molar-refractivity contribution in [1.29, 1.82) is 0 Å². The van der Waals surface area contributed by atoms with E-state index in [1.807, 2.05) is 0 Å². The van der Waals surface area contributed by atoms with Crippen LogP contribution in [0, 0.1) is 11.8 Å². The van der Waals surface area contributed by atoms with Crippen LogP contribution in [0.5, 0.6) is 0 Å². The molecule has 0 aromatic carbocycles. The maximum Gasteiger partial charge on any atom is 0.0304 e. The summed E-state index contributed by atoms with van der Waals surface area (Å²) in [7, 11) is 0. The minimum Gasteiger partial charge on any atom is -0.308 e. The standard InChI is InChI=1S/C18H36N2/c1-6-16-12-19-18(7-2,8-3)13-20(16)17-10-9-14(4)15(5)11-17/h14-17,19H,6-13H2,1-5H3. The number of nitrogens with one attached hydrogen (secondary N) is 1. The van der Waals surface area contributed by atoms with Gasteiger partial charge in [-0.25, -0.2) is 0 Å². The van der Waals surface area contributed by atoms with Crippen LogP contribution in [0.15, 0.2) is 0 Å². The molecule has 0 spiro atoms. The highest BCUT2D eigenvalue weighted by Gasteiger charge is 2.40. The predicted octanol–water partition coefficient (Wildman–Crippen LogP) is 4.05. The van der Waals surface area contributed by atoms with Crippen LogP contribution in [-0.2, 0) is 0 Å². The summed E-state index contributed by atoms with van der Waals surface area (Å²) in [5.41, 5.74) is 0.373. The molecule has 1 aliphatic heterocycles. The number of nitrogens with zero attached hydrogens (tertiary/aromatic N) is 1. The van der Waals surface area contributed by atoms with E-state index in [2.05, 4.69) is 44.8 Å². The molecule has 1 saturated heterocycles. The highest BCUT2D eigenvalue weighted by Crippen LogP contribution is 2.35. The first-order chi connectivity index (χ1) is 9.55. The van der Waals surface area contributed by atoms with E-state index in [4.69, 9.17) is 0 Å². The van der Waals surface area contributed by atoms with Gasteiger partial charge in [-0.2, -0.15) is 0 Å². The Morgan fingerprint density at radius 1 is 1.05 bits per heavy atom. The molecular weight excluding hydrogens is 244 g/mol. The monoisotopic (exact) mass is 280 g/mol. The minimum absolute atomic E-state index is 0.373. The van der Waals surface area contributed by atoms with Crippen molar-refractivity contribution in [1.82, 2.24) is 10.2 Å². The Bertz CT molecular complexity index is 298. The molecule has 4 unspecified atom stereocenters. The summed E-state index contributed by atoms with van der Waals surface area (Å²) in [6.07, 6.45) is 8.07. The Kier molecular flexibility index (Phi) is 5.53. The summed E-state index contributed by atoms with van der Waals surface area (Å²) in [5.74, 6) is 1.83. The van der Waals surface area contributed by atoms with Gasteiger partial charge < -0.3 is 5.32 Å². The Hall–Kier alpha value is -0.0800. The minimum atomic E-state index is 0.373. The van der Waals surface area contributed by atoms with Crippen molar-refractivity contribution in [3.63, 3.8) is 0 Å². The molecule has 0 bridgehead atoms. The fourth-order valence-electron chi connectivity index (χ4n) is 4.34. The van der Waals surface area contributed by atoms with E-state index in [1.54, 1.807) is 0 Å². The average Bonchev–Trinajstić information content (AvgIpc) is 2.49. The molecule has 1 heterocycles. The van der Waals surface area contributed by atoms with Crippen molar-refractivity contribution in [2.75, 3.05) is 13.1 Å². The average molecular weight is 280 g/mol. The summed E-state index contributed by atoms with van der Waals surface area (Å²) in [6.45, 7) is 14.4. The molecule has 2 rings (SSSR count). The molecule has 1 aliphatic carbocycles. The maximum atomic E-state index is 3.88. The zero-order chi connectivity index (χ0) is 14.8. The van der Waals surface area contributed by atoms with Crippen molar-refractivity contribution in [3.05, 3.63) is 0 Å². The lowest BCUT2D eigenvalue weighted by Gasteiger charge is -2.52. The third-order valence-electron chi connectivity index (χ3n) is 6.53. The van der Waals surface area contributed by atoms with Crippen LogP contribution in [0.1, 0.15) is 73.1 Å². The Balaban J connectivity index is 2.09. The second-order valence-corrected chi connectivity index (χ2v) is 7.52. The maximum absolute atomic E-state index is 3.88. The van der Waals surface area contributed by atoms with Gasteiger partial charge >= 0.3 is 0 Å². The Labute approximate surface area is 126 Å². The second kappa shape index (κ2) is 6.79. The molecule has 0 radical (unpaired) electrons. The lowest BCUT2D eigenvalue weighted by Crippen LogP contribution is -2.66. The van der Waals surface area contributed by atoms with E-state index in [-0.39, 0.29) is 0 Å². The van der Waals surface area contributed by atoms with E-state index < -0.39 is 0 Å². The van der Waals surface area contributed by atoms with Crippen LogP contribution in [0.4, 0.5) is 0 Å². The fraction of sp³-hybridized carbons (Fsp3) is 1.00. The lowest BCUT2D eigenvalue weighted by atomic mass is 9.77. The molecule has 1 saturated carbocycles. The van der Waals surface area contributed by atoms with E-state index in [1.165, 1.54) is 51.6 Å². The van der Waals surface area contributed by atoms with Gasteiger partial charge in [0.25, 0.3) is 0 Å². The topological polar surface area (TPSA) is 15.3 Å². The van der Waals surface area contributed by atoms with Gasteiger partial charge in [0, 0.05) is 30.7 Å². The molecule has 4 atom stereocenters. The number of hydrogen-bond donors (Lipinski definition) is 1. The van der Waals surface area contributed by atoms with Crippen LogP contribution in [-0.4, -0.2) is 35.6 Å². The van der Waals surface area contributed by atoms with Crippen molar-refractivity contribution < 1.29 is 0 Å². The molecule has 2 heteroatoms. The summed E-state index contributed by atoms with van der Waals surface area (Å²) in [4.78, 5) is 2.89. The molecule has 2 nitrogen and oxygen atoms in total. The second-order valence-electron chi connectivity index (χ2n) is 7.52. The van der Waals surface area contributed by atoms with Gasteiger partial charge in [-0.15, -0.1) is 0 Å². The van der Waals surface area contributed by atoms with Gasteiger partial charge in [0.05, 0.1) is 0 Å². The summed E-state index contributed by atoms with van der Waals surface area (Å²) >= 11 is 0. The van der Waals surface area contributed by atoms with E-state index in [9.17, 15) is 0 Å². The third-order valence-corrected chi connectivity index (χ3v) is 6.53. The zero-order valence-corrected chi connectivity index (χ0v) is 14.4. The Morgan fingerprint density at radius 2 is 1.75 bits per heavy atom. The van der Waals surface area contributed by atoms with Crippen molar-refractivity contribution in [2.24, 2.45) is 11.8 Å². The van der Waals surface area contributed by atoms with Gasteiger partial charge in [0.1, 0.15) is 0 Å². The predicted molar refractivity (Wildman–Crippen MR) is 88.1 cm³/mol. The van der Waals surface area contributed by atoms with E-state index in [0.717, 1.165) is 23.9 Å². The van der Waals surface area contributed by atoms with Crippen LogP contribution < -0.4 is 5.32 Å². The molecule has 0 aromatic heterocycles. The number of rotatable bonds is 4. The van der Waals surface area contributed by atoms with E-state index >= 15 is 0 Å². The van der Waals surface area contributed by atoms with Crippen molar-refractivity contribution in [3.8, 4) is 0 Å². The first-order valence-corrected chi connectivity index (χ1v) is 9.06. The normalized spacial score (nSPS) is 38.9. The molecule has 1 N–H and O–H groups in total. The zero-order valence-electron chi connectivity index (χ0n) is 14.4. The molecule has 2 fully saturated rings. The number of hydrogen-bond acceptors (Lipinski definition) is 2. The molecular formula is C18H36N2. The van der Waals surface area contributed by atoms with Gasteiger partial charge in [-0.05, 0) is 50.4 Å². The molecule has 0 aromatic rings. The highest BCUT2D eigenvalue weighted by atomic mass is 15.3. The smallest absolute Gasteiger partial charge is 0.0304 e. The van der Waals surface area contributed by atoms with Crippen molar-refractivity contribution in [2.45, 2.75) is 90.8 Å². The number of piperazine rings is 1. The lowest BCUT2D eigenvalue weighted by molar-refractivity contribution is 0.00646. The van der Waals surface area contributed by atoms with Crippen molar-refractivity contribution >= 4 is 0 Å². The largest absolute Gasteiger partial charge is 0.308 e. The fourth-order valence-corrected chi connectivity index (χ4v) is 4.34.